The second-order valence-electron chi connectivity index (χ2n) is 5.46. The van der Waals surface area contributed by atoms with E-state index >= 15 is 0 Å². The lowest BCUT2D eigenvalue weighted by Crippen LogP contribution is -2.42. The van der Waals surface area contributed by atoms with E-state index in [0.29, 0.717) is 31.2 Å². The topological polar surface area (TPSA) is 60.5 Å². The number of hydrogen-bond acceptors (Lipinski definition) is 4. The number of anilines is 1. The first-order chi connectivity index (χ1) is 10.6. The van der Waals surface area contributed by atoms with Gasteiger partial charge in [0.2, 0.25) is 5.88 Å². The summed E-state index contributed by atoms with van der Waals surface area (Å²) in [5.74, 6) is 0.435. The van der Waals surface area contributed by atoms with Crippen LogP contribution < -0.4 is 10.1 Å². The predicted octanol–water partition coefficient (Wildman–Crippen LogP) is 3.79. The van der Waals surface area contributed by atoms with Crippen molar-refractivity contribution in [2.45, 2.75) is 59.0 Å². The van der Waals surface area contributed by atoms with E-state index < -0.39 is 5.60 Å². The smallest absolute Gasteiger partial charge is 0.256 e. The second kappa shape index (κ2) is 9.41. The Labute approximate surface area is 133 Å². The van der Waals surface area contributed by atoms with Gasteiger partial charge in [-0.15, -0.1) is 0 Å². The zero-order chi connectivity index (χ0) is 16.4. The van der Waals surface area contributed by atoms with Crippen molar-refractivity contribution in [3.8, 4) is 5.88 Å². The summed E-state index contributed by atoms with van der Waals surface area (Å²) in [5, 5.41) is 2.86. The fraction of sp³-hybridized carbons (Fsp3) is 0.647. The van der Waals surface area contributed by atoms with Crippen molar-refractivity contribution in [2.75, 3.05) is 18.5 Å². The second-order valence-corrected chi connectivity index (χ2v) is 5.46. The van der Waals surface area contributed by atoms with Crippen LogP contribution in [-0.2, 0) is 9.53 Å². The third-order valence-corrected chi connectivity index (χ3v) is 3.41. The van der Waals surface area contributed by atoms with Gasteiger partial charge in [-0.05, 0) is 32.8 Å². The zero-order valence-electron chi connectivity index (χ0n) is 14.1. The van der Waals surface area contributed by atoms with E-state index in [2.05, 4.69) is 17.2 Å². The van der Waals surface area contributed by atoms with Crippen molar-refractivity contribution < 1.29 is 14.3 Å². The molecule has 0 unspecified atom stereocenters. The lowest BCUT2D eigenvalue weighted by Gasteiger charge is -2.27. The van der Waals surface area contributed by atoms with Gasteiger partial charge in [0.15, 0.2) is 0 Å². The molecule has 1 rings (SSSR count). The molecule has 22 heavy (non-hydrogen) atoms. The fourth-order valence-corrected chi connectivity index (χ4v) is 2.17. The number of amides is 1. The van der Waals surface area contributed by atoms with Gasteiger partial charge in [0.1, 0.15) is 5.60 Å². The SMILES string of the molecule is CCCCOc1ccc(NC(=O)[C@](C)(CCC)OCC)cn1. The van der Waals surface area contributed by atoms with Gasteiger partial charge >= 0.3 is 0 Å². The number of aromatic nitrogens is 1. The van der Waals surface area contributed by atoms with Gasteiger partial charge in [-0.1, -0.05) is 26.7 Å². The van der Waals surface area contributed by atoms with Gasteiger partial charge in [0, 0.05) is 12.7 Å². The highest BCUT2D eigenvalue weighted by atomic mass is 16.5. The Morgan fingerprint density at radius 1 is 1.27 bits per heavy atom. The minimum atomic E-state index is -0.806. The summed E-state index contributed by atoms with van der Waals surface area (Å²) >= 11 is 0. The van der Waals surface area contributed by atoms with Crippen LogP contribution in [0.2, 0.25) is 0 Å². The van der Waals surface area contributed by atoms with E-state index in [1.54, 1.807) is 18.3 Å². The van der Waals surface area contributed by atoms with Crippen LogP contribution in [-0.4, -0.2) is 29.7 Å². The molecule has 1 amide bonds. The van der Waals surface area contributed by atoms with Crippen molar-refractivity contribution in [3.05, 3.63) is 18.3 Å². The van der Waals surface area contributed by atoms with Crippen LogP contribution in [0, 0.1) is 0 Å². The van der Waals surface area contributed by atoms with Crippen molar-refractivity contribution in [2.24, 2.45) is 0 Å². The fourth-order valence-electron chi connectivity index (χ4n) is 2.17. The summed E-state index contributed by atoms with van der Waals surface area (Å²) in [6.45, 7) is 9.03. The van der Waals surface area contributed by atoms with Gasteiger partial charge in [-0.25, -0.2) is 4.98 Å². The van der Waals surface area contributed by atoms with Crippen molar-refractivity contribution >= 4 is 11.6 Å². The van der Waals surface area contributed by atoms with Gasteiger partial charge in [-0.3, -0.25) is 4.79 Å². The first-order valence-electron chi connectivity index (χ1n) is 8.10. The summed E-state index contributed by atoms with van der Waals surface area (Å²) in [5.41, 5.74) is -0.158. The standard InChI is InChI=1S/C17H28N2O3/c1-5-8-12-21-15-10-9-14(13-18-15)19-16(20)17(4,11-6-2)22-7-3/h9-10,13H,5-8,11-12H2,1-4H3,(H,19,20)/t17-/m0/s1. The van der Waals surface area contributed by atoms with Gasteiger partial charge in [0.25, 0.3) is 5.91 Å². The Kier molecular flexibility index (Phi) is 7.88. The maximum atomic E-state index is 12.4. The Hall–Kier alpha value is -1.62. The van der Waals surface area contributed by atoms with Crippen LogP contribution in [0.4, 0.5) is 5.69 Å². The number of rotatable bonds is 10. The van der Waals surface area contributed by atoms with Crippen molar-refractivity contribution in [1.82, 2.24) is 4.98 Å². The Balaban J connectivity index is 2.63. The molecule has 0 radical (unpaired) electrons. The van der Waals surface area contributed by atoms with Crippen LogP contribution in [0.25, 0.3) is 0 Å². The van der Waals surface area contributed by atoms with Crippen molar-refractivity contribution in [1.29, 1.82) is 0 Å². The number of hydrogen-bond donors (Lipinski definition) is 1. The number of unbranched alkanes of at least 4 members (excludes halogenated alkanes) is 1. The highest BCUT2D eigenvalue weighted by molar-refractivity contribution is 5.96. The maximum absolute atomic E-state index is 12.4. The first kappa shape index (κ1) is 18.4. The van der Waals surface area contributed by atoms with E-state index in [-0.39, 0.29) is 5.91 Å². The molecule has 1 N–H and O–H groups in total. The Morgan fingerprint density at radius 3 is 2.59 bits per heavy atom. The minimum absolute atomic E-state index is 0.141. The molecule has 0 saturated heterocycles. The van der Waals surface area contributed by atoms with Gasteiger partial charge < -0.3 is 14.8 Å². The van der Waals surface area contributed by atoms with E-state index in [1.807, 2.05) is 20.8 Å². The third-order valence-electron chi connectivity index (χ3n) is 3.41. The quantitative estimate of drug-likeness (QED) is 0.668. The summed E-state index contributed by atoms with van der Waals surface area (Å²) < 4.78 is 11.1. The van der Waals surface area contributed by atoms with Crippen LogP contribution >= 0.6 is 0 Å². The van der Waals surface area contributed by atoms with E-state index in [0.717, 1.165) is 19.3 Å². The average molecular weight is 308 g/mol. The number of pyridine rings is 1. The molecule has 0 saturated carbocycles. The molecule has 5 nitrogen and oxygen atoms in total. The molecule has 0 aliphatic rings. The zero-order valence-corrected chi connectivity index (χ0v) is 14.1. The normalized spacial score (nSPS) is 13.5. The number of ether oxygens (including phenoxy) is 2. The van der Waals surface area contributed by atoms with E-state index in [1.165, 1.54) is 0 Å². The molecule has 124 valence electrons. The molecule has 5 heteroatoms. The number of carbonyl (C=O) groups is 1. The lowest BCUT2D eigenvalue weighted by molar-refractivity contribution is -0.139. The van der Waals surface area contributed by atoms with Crippen LogP contribution in [0.5, 0.6) is 5.88 Å². The van der Waals surface area contributed by atoms with Crippen LogP contribution in [0.1, 0.15) is 53.4 Å². The molecule has 0 aliphatic carbocycles. The number of nitrogens with zero attached hydrogens (tertiary/aromatic N) is 1. The van der Waals surface area contributed by atoms with Crippen molar-refractivity contribution in [3.63, 3.8) is 0 Å². The molecule has 0 aromatic carbocycles. The number of carbonyl (C=O) groups excluding carboxylic acids is 1. The molecule has 1 atom stereocenters. The average Bonchev–Trinajstić information content (AvgIpc) is 2.50. The van der Waals surface area contributed by atoms with E-state index in [4.69, 9.17) is 9.47 Å². The molecule has 1 aromatic rings. The molecule has 0 spiro atoms. The van der Waals surface area contributed by atoms with Crippen LogP contribution in [0.15, 0.2) is 18.3 Å². The molecular weight excluding hydrogens is 280 g/mol. The highest BCUT2D eigenvalue weighted by Gasteiger charge is 2.32. The minimum Gasteiger partial charge on any atom is -0.478 e. The molecule has 0 bridgehead atoms. The largest absolute Gasteiger partial charge is 0.478 e. The van der Waals surface area contributed by atoms with Gasteiger partial charge in [0.05, 0.1) is 18.5 Å². The lowest BCUT2D eigenvalue weighted by atomic mass is 9.99. The third kappa shape index (κ3) is 5.64. The predicted molar refractivity (Wildman–Crippen MR) is 88.2 cm³/mol. The molecule has 0 aliphatic heterocycles. The van der Waals surface area contributed by atoms with Crippen LogP contribution in [0.3, 0.4) is 0 Å². The molecule has 1 aromatic heterocycles. The number of nitrogens with one attached hydrogen (secondary N) is 1. The highest BCUT2D eigenvalue weighted by Crippen LogP contribution is 2.21. The monoisotopic (exact) mass is 308 g/mol. The van der Waals surface area contributed by atoms with E-state index in [9.17, 15) is 4.79 Å². The first-order valence-corrected chi connectivity index (χ1v) is 8.10. The maximum Gasteiger partial charge on any atom is 0.256 e. The molecule has 0 fully saturated rings. The Morgan fingerprint density at radius 2 is 2.05 bits per heavy atom. The molecular formula is C17H28N2O3. The summed E-state index contributed by atoms with van der Waals surface area (Å²) in [4.78, 5) is 16.6. The Bertz CT molecular complexity index is 440. The summed E-state index contributed by atoms with van der Waals surface area (Å²) in [7, 11) is 0. The summed E-state index contributed by atoms with van der Waals surface area (Å²) in [6.07, 6.45) is 5.26. The van der Waals surface area contributed by atoms with Gasteiger partial charge in [-0.2, -0.15) is 0 Å². The summed E-state index contributed by atoms with van der Waals surface area (Å²) in [6, 6.07) is 3.56. The molecule has 1 heterocycles.